The van der Waals surface area contributed by atoms with Crippen LogP contribution in [0.25, 0.3) is 0 Å². The summed E-state index contributed by atoms with van der Waals surface area (Å²) in [6.07, 6.45) is 2.55. The molecule has 2 rings (SSSR count). The first kappa shape index (κ1) is 12.8. The van der Waals surface area contributed by atoms with Crippen molar-refractivity contribution in [1.29, 1.82) is 0 Å². The van der Waals surface area contributed by atoms with Crippen molar-refractivity contribution in [3.05, 3.63) is 29.6 Å². The molecular formula is C13H16FNO3. The van der Waals surface area contributed by atoms with Crippen LogP contribution in [0.5, 0.6) is 5.75 Å². The van der Waals surface area contributed by atoms with Gasteiger partial charge in [-0.25, -0.2) is 4.39 Å². The molecule has 0 bridgehead atoms. The van der Waals surface area contributed by atoms with E-state index < -0.39 is 11.7 Å². The van der Waals surface area contributed by atoms with Crippen LogP contribution in [-0.2, 0) is 0 Å². The van der Waals surface area contributed by atoms with E-state index in [0.717, 1.165) is 25.3 Å². The first-order chi connectivity index (χ1) is 8.63. The lowest BCUT2D eigenvalue weighted by molar-refractivity contribution is 0.0909. The highest BCUT2D eigenvalue weighted by Gasteiger charge is 2.29. The number of carbonyl (C=O) groups is 1. The molecule has 4 nitrogen and oxygen atoms in total. The minimum absolute atomic E-state index is 0.00814. The summed E-state index contributed by atoms with van der Waals surface area (Å²) < 4.78 is 13.5. The predicted octanol–water partition coefficient (Wildman–Crippen LogP) is 1.42. The molecule has 3 N–H and O–H groups in total. The molecule has 0 aromatic heterocycles. The maximum atomic E-state index is 13.5. The Kier molecular flexibility index (Phi) is 3.81. The first-order valence-corrected chi connectivity index (χ1v) is 6.02. The van der Waals surface area contributed by atoms with Crippen LogP contribution in [0, 0.1) is 11.7 Å². The second-order valence-electron chi connectivity index (χ2n) is 4.59. The molecule has 0 heterocycles. The molecule has 1 aliphatic carbocycles. The summed E-state index contributed by atoms with van der Waals surface area (Å²) in [4.78, 5) is 11.9. The van der Waals surface area contributed by atoms with Crippen LogP contribution in [0.3, 0.4) is 0 Å². The van der Waals surface area contributed by atoms with Crippen LogP contribution in [0.4, 0.5) is 4.39 Å². The highest BCUT2D eigenvalue weighted by atomic mass is 19.1. The quantitative estimate of drug-likeness (QED) is 0.763. The molecule has 5 heteroatoms. The number of hydrogen-bond donors (Lipinski definition) is 3. The predicted molar refractivity (Wildman–Crippen MR) is 63.7 cm³/mol. The van der Waals surface area contributed by atoms with Crippen molar-refractivity contribution >= 4 is 5.91 Å². The lowest BCUT2D eigenvalue weighted by atomic mass is 10.0. The Morgan fingerprint density at radius 2 is 2.22 bits per heavy atom. The van der Waals surface area contributed by atoms with Gasteiger partial charge in [0.2, 0.25) is 0 Å². The molecular weight excluding hydrogens is 237 g/mol. The van der Waals surface area contributed by atoms with E-state index in [1.54, 1.807) is 0 Å². The van der Waals surface area contributed by atoms with E-state index in [0.29, 0.717) is 0 Å². The third-order valence-electron chi connectivity index (χ3n) is 3.43. The maximum absolute atomic E-state index is 13.5. The Labute approximate surface area is 104 Å². The molecule has 0 radical (unpaired) electrons. The van der Waals surface area contributed by atoms with Gasteiger partial charge in [-0.1, -0.05) is 12.5 Å². The number of aliphatic hydroxyl groups excluding tert-OH is 1. The van der Waals surface area contributed by atoms with Gasteiger partial charge >= 0.3 is 0 Å². The summed E-state index contributed by atoms with van der Waals surface area (Å²) in [6.45, 7) is 0.00814. The lowest BCUT2D eigenvalue weighted by Gasteiger charge is -2.19. The minimum atomic E-state index is -0.744. The zero-order valence-electron chi connectivity index (χ0n) is 9.90. The maximum Gasteiger partial charge on any atom is 0.258 e. The number of halogens is 1. The first-order valence-electron chi connectivity index (χ1n) is 6.02. The number of phenolic OH excluding ortho intramolecular Hbond substituents is 1. The number of benzene rings is 1. The Bertz CT molecular complexity index is 430. The Morgan fingerprint density at radius 3 is 2.89 bits per heavy atom. The highest BCUT2D eigenvalue weighted by molar-refractivity contribution is 5.97. The number of aliphatic hydroxyl groups is 1. The number of amides is 1. The van der Waals surface area contributed by atoms with Crippen LogP contribution < -0.4 is 5.32 Å². The summed E-state index contributed by atoms with van der Waals surface area (Å²) >= 11 is 0. The van der Waals surface area contributed by atoms with E-state index in [9.17, 15) is 14.3 Å². The number of aromatic hydroxyl groups is 1. The Hall–Kier alpha value is -1.62. The molecule has 2 atom stereocenters. The van der Waals surface area contributed by atoms with Gasteiger partial charge < -0.3 is 15.5 Å². The van der Waals surface area contributed by atoms with Crippen molar-refractivity contribution in [3.63, 3.8) is 0 Å². The largest absolute Gasteiger partial charge is 0.507 e. The SMILES string of the molecule is O=C(NC1CCCC1CO)c1c(O)cccc1F. The normalized spacial score (nSPS) is 23.0. The summed E-state index contributed by atoms with van der Waals surface area (Å²) in [5, 5.41) is 21.3. The van der Waals surface area contributed by atoms with Gasteiger partial charge in [0, 0.05) is 18.6 Å². The monoisotopic (exact) mass is 253 g/mol. The fourth-order valence-electron chi connectivity index (χ4n) is 2.42. The van der Waals surface area contributed by atoms with E-state index in [2.05, 4.69) is 5.32 Å². The zero-order chi connectivity index (χ0) is 13.1. The molecule has 2 unspecified atom stereocenters. The van der Waals surface area contributed by atoms with E-state index in [1.807, 2.05) is 0 Å². The van der Waals surface area contributed by atoms with Crippen molar-refractivity contribution in [2.75, 3.05) is 6.61 Å². The minimum Gasteiger partial charge on any atom is -0.507 e. The van der Waals surface area contributed by atoms with Crippen LogP contribution in [0.15, 0.2) is 18.2 Å². The van der Waals surface area contributed by atoms with Crippen molar-refractivity contribution in [2.45, 2.75) is 25.3 Å². The molecule has 0 aliphatic heterocycles. The fourth-order valence-corrected chi connectivity index (χ4v) is 2.42. The molecule has 0 saturated heterocycles. The highest BCUT2D eigenvalue weighted by Crippen LogP contribution is 2.26. The molecule has 1 aliphatic rings. The second-order valence-corrected chi connectivity index (χ2v) is 4.59. The van der Waals surface area contributed by atoms with Crippen LogP contribution in [-0.4, -0.2) is 28.8 Å². The van der Waals surface area contributed by atoms with Gasteiger partial charge in [0.1, 0.15) is 17.1 Å². The van der Waals surface area contributed by atoms with Crippen LogP contribution >= 0.6 is 0 Å². The summed E-state index contributed by atoms with van der Waals surface area (Å²) in [5.74, 6) is -1.73. The molecule has 1 aromatic carbocycles. The van der Waals surface area contributed by atoms with Crippen LogP contribution in [0.1, 0.15) is 29.6 Å². The van der Waals surface area contributed by atoms with E-state index in [4.69, 9.17) is 5.11 Å². The topological polar surface area (TPSA) is 69.6 Å². The van der Waals surface area contributed by atoms with Gasteiger partial charge in [-0.2, -0.15) is 0 Å². The third-order valence-corrected chi connectivity index (χ3v) is 3.43. The zero-order valence-corrected chi connectivity index (χ0v) is 9.90. The average molecular weight is 253 g/mol. The average Bonchev–Trinajstić information content (AvgIpc) is 2.76. The molecule has 1 fully saturated rings. The van der Waals surface area contributed by atoms with Gasteiger partial charge in [0.05, 0.1) is 0 Å². The molecule has 98 valence electrons. The van der Waals surface area contributed by atoms with Gasteiger partial charge in [-0.05, 0) is 25.0 Å². The van der Waals surface area contributed by atoms with Crippen molar-refractivity contribution in [1.82, 2.24) is 5.32 Å². The summed E-state index contributed by atoms with van der Waals surface area (Å²) in [7, 11) is 0. The van der Waals surface area contributed by atoms with Crippen molar-refractivity contribution < 1.29 is 19.4 Å². The lowest BCUT2D eigenvalue weighted by Crippen LogP contribution is -2.38. The molecule has 0 spiro atoms. The van der Waals surface area contributed by atoms with Gasteiger partial charge in [0.25, 0.3) is 5.91 Å². The summed E-state index contributed by atoms with van der Waals surface area (Å²) in [6, 6.07) is 3.60. The fraction of sp³-hybridized carbons (Fsp3) is 0.462. The van der Waals surface area contributed by atoms with Crippen molar-refractivity contribution in [2.24, 2.45) is 5.92 Å². The van der Waals surface area contributed by atoms with Gasteiger partial charge in [-0.3, -0.25) is 4.79 Å². The molecule has 1 saturated carbocycles. The van der Waals surface area contributed by atoms with Crippen LogP contribution in [0.2, 0.25) is 0 Å². The second kappa shape index (κ2) is 5.35. The third kappa shape index (κ3) is 2.46. The van der Waals surface area contributed by atoms with E-state index in [1.165, 1.54) is 12.1 Å². The number of hydrogen-bond acceptors (Lipinski definition) is 3. The standard InChI is InChI=1S/C13H16FNO3/c14-9-4-2-6-11(17)12(9)13(18)15-10-5-1-3-8(10)7-16/h2,4,6,8,10,16-17H,1,3,5,7H2,(H,15,18). The number of phenols is 1. The number of rotatable bonds is 3. The van der Waals surface area contributed by atoms with Gasteiger partial charge in [0.15, 0.2) is 0 Å². The smallest absolute Gasteiger partial charge is 0.258 e. The van der Waals surface area contributed by atoms with Gasteiger partial charge in [-0.15, -0.1) is 0 Å². The molecule has 1 amide bonds. The van der Waals surface area contributed by atoms with E-state index >= 15 is 0 Å². The van der Waals surface area contributed by atoms with Crippen molar-refractivity contribution in [3.8, 4) is 5.75 Å². The Morgan fingerprint density at radius 1 is 1.44 bits per heavy atom. The number of nitrogens with one attached hydrogen (secondary N) is 1. The summed E-state index contributed by atoms with van der Waals surface area (Å²) in [5.41, 5.74) is -0.332. The Balaban J connectivity index is 2.12. The molecule has 18 heavy (non-hydrogen) atoms. The molecule has 1 aromatic rings. The number of carbonyl (C=O) groups excluding carboxylic acids is 1. The van der Waals surface area contributed by atoms with E-state index in [-0.39, 0.29) is 29.9 Å².